The zero-order valence-corrected chi connectivity index (χ0v) is 75.2. The summed E-state index contributed by atoms with van der Waals surface area (Å²) in [5.74, 6) is -2.21. The number of nitrogens with zero attached hydrogens (tertiary/aromatic N) is 9. The Kier molecular flexibility index (Phi) is 43.1. The summed E-state index contributed by atoms with van der Waals surface area (Å²) in [5.41, 5.74) is 5.50. The van der Waals surface area contributed by atoms with Crippen LogP contribution in [0.5, 0.6) is 0 Å². The highest BCUT2D eigenvalue weighted by molar-refractivity contribution is 6.30. The van der Waals surface area contributed by atoms with E-state index in [4.69, 9.17) is 68.4 Å². The van der Waals surface area contributed by atoms with Crippen LogP contribution in [0.15, 0.2) is 91.4 Å². The minimum Gasteiger partial charge on any atom is -0.444 e. The van der Waals surface area contributed by atoms with Crippen LogP contribution in [0.25, 0.3) is 11.1 Å². The highest BCUT2D eigenvalue weighted by Crippen LogP contribution is 2.42. The summed E-state index contributed by atoms with van der Waals surface area (Å²) in [5, 5.41) is 23.3. The average molecular weight is 1800 g/mol. The number of likely N-dealkylation sites (tertiary alicyclic amines) is 1. The maximum absolute atomic E-state index is 13.3. The topological polar surface area (TPSA) is 414 Å². The van der Waals surface area contributed by atoms with Crippen LogP contribution in [0.3, 0.4) is 0 Å². The highest BCUT2D eigenvalue weighted by Gasteiger charge is 2.34. The lowest BCUT2D eigenvalue weighted by molar-refractivity contribution is -0.126. The van der Waals surface area contributed by atoms with Gasteiger partial charge in [0.15, 0.2) is 11.6 Å². The number of hydrogen-bond donors (Lipinski definition) is 8. The second-order valence-electron chi connectivity index (χ2n) is 31.8. The van der Waals surface area contributed by atoms with E-state index in [1.807, 2.05) is 91.2 Å². The van der Waals surface area contributed by atoms with Crippen molar-refractivity contribution in [1.82, 2.24) is 54.3 Å². The monoisotopic (exact) mass is 1790 g/mol. The van der Waals surface area contributed by atoms with E-state index < -0.39 is 41.0 Å². The van der Waals surface area contributed by atoms with Crippen molar-refractivity contribution in [1.29, 1.82) is 0 Å². The Hall–Kier alpha value is -10.0. The van der Waals surface area contributed by atoms with Crippen LogP contribution in [-0.2, 0) is 102 Å². The summed E-state index contributed by atoms with van der Waals surface area (Å²) in [6.07, 6.45) is 7.00. The maximum Gasteiger partial charge on any atom is 0.410 e. The van der Waals surface area contributed by atoms with E-state index >= 15 is 0 Å². The predicted molar refractivity (Wildman–Crippen MR) is 477 cm³/mol. The summed E-state index contributed by atoms with van der Waals surface area (Å²) < 4.78 is 71.3. The number of aromatic nitrogens is 5. The molecule has 0 radical (unpaired) electrons. The number of nitrogens with one attached hydrogen (secondary N) is 8. The van der Waals surface area contributed by atoms with Crippen molar-refractivity contribution in [3.05, 3.63) is 119 Å². The summed E-state index contributed by atoms with van der Waals surface area (Å²) in [7, 11) is 4.80. The largest absolute Gasteiger partial charge is 0.444 e. The van der Waals surface area contributed by atoms with E-state index in [2.05, 4.69) is 75.3 Å². The van der Waals surface area contributed by atoms with Gasteiger partial charge in [0.2, 0.25) is 41.2 Å². The normalized spacial score (nSPS) is 15.0. The first kappa shape index (κ1) is 101. The third kappa shape index (κ3) is 36.6. The van der Waals surface area contributed by atoms with Gasteiger partial charge < -0.3 is 128 Å². The Morgan fingerprint density at radius 2 is 0.937 bits per heavy atom. The van der Waals surface area contributed by atoms with Crippen LogP contribution in [0.4, 0.5) is 39.2 Å². The molecule has 9 amide bonds. The lowest BCUT2D eigenvalue weighted by Gasteiger charge is -2.39. The molecule has 6 aromatic rings. The fourth-order valence-corrected chi connectivity index (χ4v) is 14.3. The molecule has 2 fully saturated rings. The van der Waals surface area contributed by atoms with Crippen molar-refractivity contribution in [2.24, 2.45) is 27.1 Å². The fourth-order valence-electron chi connectivity index (χ4n) is 14.2. The standard InChI is InChI=1S/C88H128ClN17O21/c1-63-55-73(93-69-16-12-68(89)13-17-69)72-56-67(11-18-74(72)106(63)64(2)107)66-9-14-70(15-10-66)94-80(110)23-34-116-37-40-119-43-45-121-47-49-123-51-52-124-50-48-122-46-44-120-41-38-117-35-26-92-85(113)82-98-76(60-101(82)7)96-79(109)20-25-91-84(112)75-57-71(59-100(75)6)95-86(114)83-99-77(61-102(83)8)97-78(108)19-24-90-81(111)62-126-54-53-125-42-39-118-36-33-103-29-31-104(32-30-103)58-65-21-27-105(28-22-65)87(115)127-88(3,4)5/h9-18,56-57,59-61,63,65,73,93H,19-55,58,62H2,1-8H3,(H,90,111)(H,91,112)(H,92,113)(H,94,110)(H,95,114)(H,96,109)(H,97,108)/t63-,73+/m0/s1. The molecule has 3 aliphatic rings. The Balaban J connectivity index is 0.494. The quantitative estimate of drug-likeness (QED) is 0.0182. The molecular weight excluding hydrogens is 1670 g/mol. The van der Waals surface area contributed by atoms with Crippen LogP contribution in [-0.4, -0.2) is 321 Å². The molecule has 3 aromatic carbocycles. The van der Waals surface area contributed by atoms with Gasteiger partial charge in [-0.1, -0.05) is 29.8 Å². The molecule has 0 bridgehead atoms. The van der Waals surface area contributed by atoms with Gasteiger partial charge in [0.25, 0.3) is 17.7 Å². The molecule has 0 saturated carbocycles. The number of fused-ring (bicyclic) bond motifs is 1. The SMILES string of the molecule is CC(=O)N1c2ccc(-c3ccc(NC(=O)CCOCCOCCOCCOCCOCCOCCOCCOCCNC(=O)c4nc(NC(=O)CCNC(=O)c5cc(NC(=O)c6nc(NC(=O)CCNC(=O)COCCOCCOCCN7CCN(CC8CCN(C(=O)OC(C)(C)C)CC8)CC7)cn6C)cn5C)cn4C)cc3)cc2[C@H](Nc2ccc(Cl)cc2)C[C@@H]1C. The minimum atomic E-state index is -0.617. The molecule has 0 unspecified atom stereocenters. The highest BCUT2D eigenvalue weighted by atomic mass is 35.5. The molecule has 0 spiro atoms. The van der Waals surface area contributed by atoms with Crippen molar-refractivity contribution in [3.63, 3.8) is 0 Å². The zero-order chi connectivity index (χ0) is 90.7. The first-order chi connectivity index (χ1) is 61.3. The Morgan fingerprint density at radius 3 is 1.49 bits per heavy atom. The number of hydrogen-bond acceptors (Lipinski definition) is 26. The molecule has 127 heavy (non-hydrogen) atoms. The summed E-state index contributed by atoms with van der Waals surface area (Å²) in [6.45, 7) is 24.4. The molecule has 9 rings (SSSR count). The van der Waals surface area contributed by atoms with Gasteiger partial charge in [-0.2, -0.15) is 0 Å². The van der Waals surface area contributed by atoms with Gasteiger partial charge in [-0.15, -0.1) is 0 Å². The number of anilines is 6. The van der Waals surface area contributed by atoms with Crippen LogP contribution in [0, 0.1) is 5.92 Å². The number of ether oxygens (including phenoxy) is 12. The lowest BCUT2D eigenvalue weighted by atomic mass is 9.89. The second-order valence-corrected chi connectivity index (χ2v) is 32.3. The third-order valence-electron chi connectivity index (χ3n) is 20.6. The van der Waals surface area contributed by atoms with Crippen molar-refractivity contribution in [2.75, 3.05) is 249 Å². The number of imidazole rings is 2. The predicted octanol–water partition coefficient (Wildman–Crippen LogP) is 6.77. The van der Waals surface area contributed by atoms with E-state index in [0.29, 0.717) is 129 Å². The van der Waals surface area contributed by atoms with Gasteiger partial charge in [-0.05, 0) is 124 Å². The Bertz CT molecular complexity index is 4410. The molecule has 2 saturated heterocycles. The lowest BCUT2D eigenvalue weighted by Crippen LogP contribution is -2.50. The number of amides is 9. The summed E-state index contributed by atoms with van der Waals surface area (Å²) in [4.78, 5) is 132. The number of carbonyl (C=O) groups excluding carboxylic acids is 9. The second kappa shape index (κ2) is 54.3. The number of carbonyl (C=O) groups is 9. The van der Waals surface area contributed by atoms with Gasteiger partial charge in [-0.3, -0.25) is 43.3 Å². The van der Waals surface area contributed by atoms with Crippen LogP contribution >= 0.6 is 11.6 Å². The smallest absolute Gasteiger partial charge is 0.410 e. The van der Waals surface area contributed by atoms with Crippen LogP contribution in [0.2, 0.25) is 5.02 Å². The van der Waals surface area contributed by atoms with Crippen molar-refractivity contribution in [2.45, 2.75) is 90.8 Å². The first-order valence-electron chi connectivity index (χ1n) is 43.4. The Labute approximate surface area is 747 Å². The molecule has 38 nitrogen and oxygen atoms in total. The van der Waals surface area contributed by atoms with Crippen LogP contribution in [0.1, 0.15) is 116 Å². The molecule has 698 valence electrons. The molecule has 2 atom stereocenters. The first-order valence-corrected chi connectivity index (χ1v) is 43.8. The van der Waals surface area contributed by atoms with Gasteiger partial charge in [0.1, 0.15) is 17.9 Å². The number of rotatable bonds is 56. The average Bonchev–Trinajstić information content (AvgIpc) is 1.48. The number of aryl methyl sites for hydroxylation is 3. The number of benzene rings is 3. The van der Waals surface area contributed by atoms with E-state index in [1.165, 1.54) is 38.4 Å². The van der Waals surface area contributed by atoms with Crippen LogP contribution < -0.4 is 47.4 Å². The number of piperazine rings is 1. The molecule has 8 N–H and O–H groups in total. The fraction of sp³-hybridized carbons (Fsp3) is 0.580. The van der Waals surface area contributed by atoms with E-state index in [0.717, 1.165) is 99.7 Å². The molecular formula is C88H128ClN17O21. The number of piperidine rings is 1. The van der Waals surface area contributed by atoms with E-state index in [9.17, 15) is 43.2 Å². The van der Waals surface area contributed by atoms with Crippen molar-refractivity contribution < 1.29 is 100.0 Å². The van der Waals surface area contributed by atoms with Gasteiger partial charge in [-0.25, -0.2) is 14.8 Å². The van der Waals surface area contributed by atoms with Crippen molar-refractivity contribution >= 4 is 99.3 Å². The van der Waals surface area contributed by atoms with E-state index in [-0.39, 0.29) is 137 Å². The van der Waals surface area contributed by atoms with Crippen molar-refractivity contribution in [3.8, 4) is 11.1 Å². The molecule has 3 aromatic heterocycles. The maximum atomic E-state index is 13.3. The minimum absolute atomic E-state index is 0.00107. The number of halogens is 1. The Morgan fingerprint density at radius 1 is 0.457 bits per heavy atom. The summed E-state index contributed by atoms with van der Waals surface area (Å²) >= 11 is 6.14. The summed E-state index contributed by atoms with van der Waals surface area (Å²) in [6, 6.07) is 22.9. The van der Waals surface area contributed by atoms with Gasteiger partial charge >= 0.3 is 6.09 Å². The zero-order valence-electron chi connectivity index (χ0n) is 74.4. The molecule has 3 aliphatic heterocycles. The van der Waals surface area contributed by atoms with Gasteiger partial charge in [0.05, 0.1) is 157 Å². The molecule has 6 heterocycles. The molecule has 0 aliphatic carbocycles. The van der Waals surface area contributed by atoms with Gasteiger partial charge in [0, 0.05) is 160 Å². The molecule has 39 heteroatoms. The third-order valence-corrected chi connectivity index (χ3v) is 20.8. The van der Waals surface area contributed by atoms with E-state index in [1.54, 1.807) is 28.1 Å².